The SMILES string of the molecule is CCCCC(C=O)=C(N)CCC. The molecule has 0 aliphatic rings. The third-order valence-corrected chi connectivity index (χ3v) is 1.87. The molecule has 0 bridgehead atoms. The predicted molar refractivity (Wildman–Crippen MR) is 51.7 cm³/mol. The Balaban J connectivity index is 4.08. The number of rotatable bonds is 6. The molecule has 0 saturated heterocycles. The van der Waals surface area contributed by atoms with E-state index in [9.17, 15) is 4.79 Å². The molecular weight excluding hydrogens is 150 g/mol. The number of nitrogens with two attached hydrogens (primary N) is 1. The zero-order valence-corrected chi connectivity index (χ0v) is 8.10. The van der Waals surface area contributed by atoms with E-state index < -0.39 is 0 Å². The molecule has 0 aromatic heterocycles. The number of carbonyl (C=O) groups excluding carboxylic acids is 1. The molecule has 2 N–H and O–H groups in total. The fourth-order valence-corrected chi connectivity index (χ4v) is 1.09. The van der Waals surface area contributed by atoms with E-state index in [0.29, 0.717) is 0 Å². The zero-order chi connectivity index (χ0) is 9.40. The van der Waals surface area contributed by atoms with Crippen LogP contribution in [0.25, 0.3) is 0 Å². The summed E-state index contributed by atoms with van der Waals surface area (Å²) in [4.78, 5) is 10.6. The van der Waals surface area contributed by atoms with Crippen LogP contribution in [0.4, 0.5) is 0 Å². The molecule has 0 atom stereocenters. The summed E-state index contributed by atoms with van der Waals surface area (Å²) in [6.45, 7) is 4.17. The van der Waals surface area contributed by atoms with Gasteiger partial charge in [0.25, 0.3) is 0 Å². The highest BCUT2D eigenvalue weighted by Gasteiger charge is 2.00. The molecule has 0 aliphatic carbocycles. The van der Waals surface area contributed by atoms with Crippen molar-refractivity contribution in [2.45, 2.75) is 46.0 Å². The predicted octanol–water partition coefficient (Wildman–Crippen LogP) is 2.39. The van der Waals surface area contributed by atoms with Gasteiger partial charge in [-0.05, 0) is 19.3 Å². The molecule has 0 amide bonds. The second-order valence-electron chi connectivity index (χ2n) is 3.02. The summed E-state index contributed by atoms with van der Waals surface area (Å²) in [6.07, 6.45) is 5.76. The Morgan fingerprint density at radius 1 is 1.25 bits per heavy atom. The van der Waals surface area contributed by atoms with Crippen molar-refractivity contribution < 1.29 is 4.79 Å². The first kappa shape index (κ1) is 11.2. The van der Waals surface area contributed by atoms with Gasteiger partial charge in [0, 0.05) is 11.3 Å². The highest BCUT2D eigenvalue weighted by atomic mass is 16.1. The van der Waals surface area contributed by atoms with Crippen LogP contribution < -0.4 is 5.73 Å². The van der Waals surface area contributed by atoms with E-state index in [1.165, 1.54) is 0 Å². The van der Waals surface area contributed by atoms with Crippen molar-refractivity contribution in [3.8, 4) is 0 Å². The van der Waals surface area contributed by atoms with Gasteiger partial charge in [-0.2, -0.15) is 0 Å². The van der Waals surface area contributed by atoms with Crippen LogP contribution in [0.5, 0.6) is 0 Å². The summed E-state index contributed by atoms with van der Waals surface area (Å²) in [5.74, 6) is 0. The molecule has 12 heavy (non-hydrogen) atoms. The summed E-state index contributed by atoms with van der Waals surface area (Å²) < 4.78 is 0. The second kappa shape index (κ2) is 6.89. The fraction of sp³-hybridized carbons (Fsp3) is 0.700. The number of unbranched alkanes of at least 4 members (excludes halogenated alkanes) is 1. The van der Waals surface area contributed by atoms with Crippen molar-refractivity contribution in [3.05, 3.63) is 11.3 Å². The molecule has 0 heterocycles. The van der Waals surface area contributed by atoms with Crippen molar-refractivity contribution >= 4 is 6.29 Å². The van der Waals surface area contributed by atoms with Gasteiger partial charge in [0.15, 0.2) is 0 Å². The van der Waals surface area contributed by atoms with Gasteiger partial charge >= 0.3 is 0 Å². The lowest BCUT2D eigenvalue weighted by Gasteiger charge is -2.03. The summed E-state index contributed by atoms with van der Waals surface area (Å²) in [5, 5.41) is 0. The van der Waals surface area contributed by atoms with E-state index in [1.54, 1.807) is 0 Å². The molecule has 0 spiro atoms. The van der Waals surface area contributed by atoms with Crippen molar-refractivity contribution in [2.24, 2.45) is 5.73 Å². The normalized spacial score (nSPS) is 12.5. The Morgan fingerprint density at radius 2 is 1.92 bits per heavy atom. The average Bonchev–Trinajstić information content (AvgIpc) is 2.06. The largest absolute Gasteiger partial charge is 0.402 e. The number of carbonyl (C=O) groups is 1. The molecular formula is C10H19NO. The maximum absolute atomic E-state index is 10.6. The topological polar surface area (TPSA) is 43.1 Å². The van der Waals surface area contributed by atoms with Gasteiger partial charge in [-0.1, -0.05) is 26.7 Å². The minimum absolute atomic E-state index is 0.779. The van der Waals surface area contributed by atoms with Crippen LogP contribution in [0.2, 0.25) is 0 Å². The lowest BCUT2D eigenvalue weighted by atomic mass is 10.1. The first-order valence-electron chi connectivity index (χ1n) is 4.68. The molecule has 0 radical (unpaired) electrons. The maximum Gasteiger partial charge on any atom is 0.147 e. The van der Waals surface area contributed by atoms with E-state index in [2.05, 4.69) is 13.8 Å². The molecule has 70 valence electrons. The number of allylic oxidation sites excluding steroid dienone is 2. The van der Waals surface area contributed by atoms with E-state index in [-0.39, 0.29) is 0 Å². The molecule has 0 saturated carbocycles. The third kappa shape index (κ3) is 4.16. The van der Waals surface area contributed by atoms with Crippen molar-refractivity contribution in [3.63, 3.8) is 0 Å². The maximum atomic E-state index is 10.6. The highest BCUT2D eigenvalue weighted by molar-refractivity contribution is 5.74. The lowest BCUT2D eigenvalue weighted by Crippen LogP contribution is -2.03. The number of hydrogen-bond donors (Lipinski definition) is 1. The third-order valence-electron chi connectivity index (χ3n) is 1.87. The zero-order valence-electron chi connectivity index (χ0n) is 8.10. The molecule has 0 aliphatic heterocycles. The standard InChI is InChI=1S/C10H19NO/c1-3-5-7-9(8-12)10(11)6-4-2/h8H,3-7,11H2,1-2H3. The van der Waals surface area contributed by atoms with Gasteiger partial charge in [0.05, 0.1) is 0 Å². The summed E-state index contributed by atoms with van der Waals surface area (Å²) in [7, 11) is 0. The van der Waals surface area contributed by atoms with Crippen LogP contribution in [0, 0.1) is 0 Å². The molecule has 0 aromatic rings. The Morgan fingerprint density at radius 3 is 2.33 bits per heavy atom. The van der Waals surface area contributed by atoms with E-state index in [0.717, 1.165) is 49.7 Å². The molecule has 0 rings (SSSR count). The molecule has 0 fully saturated rings. The quantitative estimate of drug-likeness (QED) is 0.490. The van der Waals surface area contributed by atoms with Gasteiger partial charge in [0.1, 0.15) is 6.29 Å². The minimum atomic E-state index is 0.779. The fourth-order valence-electron chi connectivity index (χ4n) is 1.09. The van der Waals surface area contributed by atoms with Gasteiger partial charge in [-0.15, -0.1) is 0 Å². The van der Waals surface area contributed by atoms with E-state index in [4.69, 9.17) is 5.73 Å². The second-order valence-corrected chi connectivity index (χ2v) is 3.02. The van der Waals surface area contributed by atoms with Crippen molar-refractivity contribution in [1.82, 2.24) is 0 Å². The van der Waals surface area contributed by atoms with Crippen LogP contribution in [0.3, 0.4) is 0 Å². The molecule has 2 nitrogen and oxygen atoms in total. The van der Waals surface area contributed by atoms with Crippen LogP contribution in [0.15, 0.2) is 11.3 Å². The first-order valence-corrected chi connectivity index (χ1v) is 4.68. The Kier molecular flexibility index (Phi) is 6.44. The number of aldehydes is 1. The van der Waals surface area contributed by atoms with Gasteiger partial charge in [-0.3, -0.25) is 4.79 Å². The van der Waals surface area contributed by atoms with Gasteiger partial charge in [-0.25, -0.2) is 0 Å². The van der Waals surface area contributed by atoms with Gasteiger partial charge < -0.3 is 5.73 Å². The Bertz CT molecular complexity index is 161. The molecule has 2 heteroatoms. The molecule has 0 aromatic carbocycles. The summed E-state index contributed by atoms with van der Waals surface area (Å²) in [6, 6.07) is 0. The van der Waals surface area contributed by atoms with Crippen LogP contribution in [-0.4, -0.2) is 6.29 Å². The van der Waals surface area contributed by atoms with Crippen molar-refractivity contribution in [2.75, 3.05) is 0 Å². The van der Waals surface area contributed by atoms with Crippen molar-refractivity contribution in [1.29, 1.82) is 0 Å². The summed E-state index contributed by atoms with van der Waals surface area (Å²) in [5.41, 5.74) is 7.31. The average molecular weight is 169 g/mol. The molecule has 0 unspecified atom stereocenters. The summed E-state index contributed by atoms with van der Waals surface area (Å²) >= 11 is 0. The number of hydrogen-bond acceptors (Lipinski definition) is 2. The van der Waals surface area contributed by atoms with Crippen LogP contribution >= 0.6 is 0 Å². The van der Waals surface area contributed by atoms with Crippen LogP contribution in [0.1, 0.15) is 46.0 Å². The van der Waals surface area contributed by atoms with E-state index >= 15 is 0 Å². The lowest BCUT2D eigenvalue weighted by molar-refractivity contribution is -0.105. The van der Waals surface area contributed by atoms with Gasteiger partial charge in [0.2, 0.25) is 0 Å². The smallest absolute Gasteiger partial charge is 0.147 e. The Labute approximate surface area is 74.8 Å². The van der Waals surface area contributed by atoms with Crippen LogP contribution in [-0.2, 0) is 4.79 Å². The Hall–Kier alpha value is -0.790. The first-order chi connectivity index (χ1) is 5.76. The monoisotopic (exact) mass is 169 g/mol. The van der Waals surface area contributed by atoms with E-state index in [1.807, 2.05) is 0 Å². The minimum Gasteiger partial charge on any atom is -0.402 e. The highest BCUT2D eigenvalue weighted by Crippen LogP contribution is 2.10.